The Bertz CT molecular complexity index is 576. The van der Waals surface area contributed by atoms with Crippen molar-refractivity contribution in [2.24, 2.45) is 0 Å². The van der Waals surface area contributed by atoms with Gasteiger partial charge in [0.05, 0.1) is 28.5 Å². The zero-order valence-corrected chi connectivity index (χ0v) is 11.5. The summed E-state index contributed by atoms with van der Waals surface area (Å²) in [7, 11) is 0. The van der Waals surface area contributed by atoms with Gasteiger partial charge in [-0.05, 0) is 26.0 Å². The number of carbonyl (C=O) groups is 1. The molecule has 0 unspecified atom stereocenters. The fraction of sp³-hybridized carbons (Fsp3) is 0.250. The minimum Gasteiger partial charge on any atom is -0.397 e. The molecular formula is C12H15N5OS. The number of thioether (sulfide) groups is 1. The highest BCUT2D eigenvalue weighted by Crippen LogP contribution is 2.22. The third kappa shape index (κ3) is 3.25. The van der Waals surface area contributed by atoms with Crippen LogP contribution in [0.3, 0.4) is 0 Å². The summed E-state index contributed by atoms with van der Waals surface area (Å²) < 4.78 is 0. The highest BCUT2D eigenvalue weighted by molar-refractivity contribution is 8.00. The van der Waals surface area contributed by atoms with Gasteiger partial charge < -0.3 is 11.1 Å². The largest absolute Gasteiger partial charge is 0.397 e. The van der Waals surface area contributed by atoms with Gasteiger partial charge in [0.2, 0.25) is 5.91 Å². The molecular weight excluding hydrogens is 262 g/mol. The summed E-state index contributed by atoms with van der Waals surface area (Å²) in [5.74, 6) is 0.147. The molecule has 0 saturated carbocycles. The Labute approximate surface area is 115 Å². The van der Waals surface area contributed by atoms with Gasteiger partial charge in [-0.3, -0.25) is 9.89 Å². The monoisotopic (exact) mass is 277 g/mol. The van der Waals surface area contributed by atoms with Crippen LogP contribution < -0.4 is 11.1 Å². The lowest BCUT2D eigenvalue weighted by atomic mass is 10.3. The predicted octanol–water partition coefficient (Wildman–Crippen LogP) is 1.73. The van der Waals surface area contributed by atoms with Crippen molar-refractivity contribution >= 4 is 29.0 Å². The maximum Gasteiger partial charge on any atom is 0.234 e. The molecule has 0 saturated heterocycles. The molecule has 1 amide bonds. The van der Waals surface area contributed by atoms with Crippen LogP contribution in [-0.2, 0) is 4.79 Å². The lowest BCUT2D eigenvalue weighted by molar-refractivity contribution is -0.113. The maximum absolute atomic E-state index is 11.9. The predicted molar refractivity (Wildman–Crippen MR) is 76.1 cm³/mol. The lowest BCUT2D eigenvalue weighted by Crippen LogP contribution is -2.15. The summed E-state index contributed by atoms with van der Waals surface area (Å²) in [6.45, 7) is 3.70. The number of aryl methyl sites for hydroxylation is 2. The number of amides is 1. The van der Waals surface area contributed by atoms with Crippen LogP contribution in [0.25, 0.3) is 0 Å². The summed E-state index contributed by atoms with van der Waals surface area (Å²) in [5, 5.41) is 10.3. The molecule has 0 bridgehead atoms. The van der Waals surface area contributed by atoms with Crippen LogP contribution >= 0.6 is 11.8 Å². The zero-order chi connectivity index (χ0) is 13.8. The number of nitrogens with two attached hydrogens (primary N) is 1. The number of nitrogen functional groups attached to an aromatic ring is 1. The molecule has 0 aromatic carbocycles. The van der Waals surface area contributed by atoms with Crippen molar-refractivity contribution in [1.29, 1.82) is 0 Å². The van der Waals surface area contributed by atoms with Crippen molar-refractivity contribution in [3.8, 4) is 0 Å². The van der Waals surface area contributed by atoms with Gasteiger partial charge in [0, 0.05) is 6.20 Å². The van der Waals surface area contributed by atoms with Crippen LogP contribution in [0.5, 0.6) is 0 Å². The standard InChI is InChI=1S/C12H15N5OS/c1-7-11(8(2)17-16-7)15-10(18)6-19-12-9(13)4-3-5-14-12/h3-5H,6,13H2,1-2H3,(H,15,18)(H,16,17). The van der Waals surface area contributed by atoms with E-state index in [-0.39, 0.29) is 11.7 Å². The van der Waals surface area contributed by atoms with Crippen LogP contribution in [0.15, 0.2) is 23.4 Å². The molecule has 0 aliphatic rings. The van der Waals surface area contributed by atoms with E-state index in [1.54, 1.807) is 18.3 Å². The lowest BCUT2D eigenvalue weighted by Gasteiger charge is -2.06. The number of anilines is 2. The van der Waals surface area contributed by atoms with Crippen molar-refractivity contribution in [2.75, 3.05) is 16.8 Å². The molecule has 2 aromatic rings. The summed E-state index contributed by atoms with van der Waals surface area (Å²) in [4.78, 5) is 16.0. The first kappa shape index (κ1) is 13.4. The number of hydrogen-bond donors (Lipinski definition) is 3. The summed E-state index contributed by atoms with van der Waals surface area (Å²) >= 11 is 1.31. The number of nitrogens with one attached hydrogen (secondary N) is 2. The molecule has 19 heavy (non-hydrogen) atoms. The fourth-order valence-electron chi connectivity index (χ4n) is 1.57. The third-order valence-electron chi connectivity index (χ3n) is 2.53. The molecule has 100 valence electrons. The van der Waals surface area contributed by atoms with Gasteiger partial charge in [-0.1, -0.05) is 11.8 Å². The second-order valence-corrected chi connectivity index (χ2v) is 5.01. The second-order valence-electron chi connectivity index (χ2n) is 4.04. The zero-order valence-electron chi connectivity index (χ0n) is 10.7. The minimum atomic E-state index is -0.109. The first-order valence-corrected chi connectivity index (χ1v) is 6.71. The van der Waals surface area contributed by atoms with Gasteiger partial charge in [0.1, 0.15) is 5.03 Å². The molecule has 0 radical (unpaired) electrons. The van der Waals surface area contributed by atoms with E-state index >= 15 is 0 Å². The topological polar surface area (TPSA) is 96.7 Å². The van der Waals surface area contributed by atoms with E-state index in [4.69, 9.17) is 5.73 Å². The van der Waals surface area contributed by atoms with E-state index in [0.717, 1.165) is 17.1 Å². The number of hydrogen-bond acceptors (Lipinski definition) is 5. The van der Waals surface area contributed by atoms with Gasteiger partial charge in [-0.2, -0.15) is 5.10 Å². The Kier molecular flexibility index (Phi) is 4.06. The maximum atomic E-state index is 11.9. The normalized spacial score (nSPS) is 10.4. The molecule has 2 heterocycles. The average Bonchev–Trinajstić information content (AvgIpc) is 2.70. The first-order valence-electron chi connectivity index (χ1n) is 5.72. The quantitative estimate of drug-likeness (QED) is 0.740. The molecule has 2 aromatic heterocycles. The summed E-state index contributed by atoms with van der Waals surface area (Å²) in [6, 6.07) is 3.52. The average molecular weight is 277 g/mol. The molecule has 2 rings (SSSR count). The van der Waals surface area contributed by atoms with Gasteiger partial charge >= 0.3 is 0 Å². The molecule has 0 atom stereocenters. The van der Waals surface area contributed by atoms with Crippen molar-refractivity contribution < 1.29 is 4.79 Å². The highest BCUT2D eigenvalue weighted by atomic mass is 32.2. The van der Waals surface area contributed by atoms with E-state index in [2.05, 4.69) is 20.5 Å². The van der Waals surface area contributed by atoms with Crippen LogP contribution in [-0.4, -0.2) is 26.8 Å². The number of aromatic nitrogens is 3. The van der Waals surface area contributed by atoms with Crippen LogP contribution in [0.4, 0.5) is 11.4 Å². The van der Waals surface area contributed by atoms with Crippen molar-refractivity contribution in [1.82, 2.24) is 15.2 Å². The van der Waals surface area contributed by atoms with E-state index in [1.165, 1.54) is 11.8 Å². The van der Waals surface area contributed by atoms with E-state index in [1.807, 2.05) is 13.8 Å². The van der Waals surface area contributed by atoms with Gasteiger partial charge in [0.15, 0.2) is 0 Å². The molecule has 4 N–H and O–H groups in total. The molecule has 0 aliphatic heterocycles. The minimum absolute atomic E-state index is 0.109. The molecule has 0 aliphatic carbocycles. The van der Waals surface area contributed by atoms with Crippen molar-refractivity contribution in [3.63, 3.8) is 0 Å². The van der Waals surface area contributed by atoms with E-state index in [0.29, 0.717) is 10.7 Å². The summed E-state index contributed by atoms with van der Waals surface area (Å²) in [6.07, 6.45) is 1.65. The van der Waals surface area contributed by atoms with Gasteiger partial charge in [-0.15, -0.1) is 0 Å². The summed E-state index contributed by atoms with van der Waals surface area (Å²) in [5.41, 5.74) is 8.69. The SMILES string of the molecule is Cc1n[nH]c(C)c1NC(=O)CSc1ncccc1N. The van der Waals surface area contributed by atoms with Gasteiger partial charge in [-0.25, -0.2) is 4.98 Å². The van der Waals surface area contributed by atoms with Crippen molar-refractivity contribution in [2.45, 2.75) is 18.9 Å². The van der Waals surface area contributed by atoms with Crippen LogP contribution in [0.1, 0.15) is 11.4 Å². The van der Waals surface area contributed by atoms with Gasteiger partial charge in [0.25, 0.3) is 0 Å². The van der Waals surface area contributed by atoms with Crippen LogP contribution in [0.2, 0.25) is 0 Å². The number of H-pyrrole nitrogens is 1. The van der Waals surface area contributed by atoms with Crippen molar-refractivity contribution in [3.05, 3.63) is 29.7 Å². The Balaban J connectivity index is 1.94. The molecule has 0 spiro atoms. The number of aromatic amines is 1. The second kappa shape index (κ2) is 5.75. The Hall–Kier alpha value is -2.02. The molecule has 7 heteroatoms. The number of nitrogens with zero attached hydrogens (tertiary/aromatic N) is 2. The fourth-order valence-corrected chi connectivity index (χ4v) is 2.28. The van der Waals surface area contributed by atoms with E-state index in [9.17, 15) is 4.79 Å². The molecule has 0 fully saturated rings. The Morgan fingerprint density at radius 1 is 1.53 bits per heavy atom. The Morgan fingerprint density at radius 3 is 2.95 bits per heavy atom. The van der Waals surface area contributed by atoms with Crippen LogP contribution in [0, 0.1) is 13.8 Å². The number of carbonyl (C=O) groups excluding carboxylic acids is 1. The Morgan fingerprint density at radius 2 is 2.32 bits per heavy atom. The third-order valence-corrected chi connectivity index (χ3v) is 3.55. The number of pyridine rings is 1. The number of rotatable bonds is 4. The first-order chi connectivity index (χ1) is 9.08. The molecule has 6 nitrogen and oxygen atoms in total. The van der Waals surface area contributed by atoms with E-state index < -0.39 is 0 Å². The smallest absolute Gasteiger partial charge is 0.234 e. The highest BCUT2D eigenvalue weighted by Gasteiger charge is 2.11.